The zero-order valence-corrected chi connectivity index (χ0v) is 8.43. The molecule has 0 aromatic heterocycles. The first-order valence-electron chi connectivity index (χ1n) is 4.33. The number of ketones is 1. The van der Waals surface area contributed by atoms with Gasteiger partial charge in [0.05, 0.1) is 0 Å². The number of carbonyl (C=O) groups excluding carboxylic acids is 1. The van der Waals surface area contributed by atoms with E-state index in [0.717, 1.165) is 18.4 Å². The quantitative estimate of drug-likeness (QED) is 0.511. The molecule has 0 radical (unpaired) electrons. The van der Waals surface area contributed by atoms with Crippen molar-refractivity contribution in [2.75, 3.05) is 5.73 Å². The van der Waals surface area contributed by atoms with Crippen LogP contribution in [-0.4, -0.2) is 10.9 Å². The third-order valence-electron chi connectivity index (χ3n) is 2.43. The zero-order chi connectivity index (χ0) is 9.42. The number of halogens is 1. The third-order valence-corrected chi connectivity index (χ3v) is 2.43. The first-order valence-corrected chi connectivity index (χ1v) is 4.33. The minimum absolute atomic E-state index is 0. The number of phenols is 1. The first kappa shape index (κ1) is 10.9. The van der Waals surface area contributed by atoms with Gasteiger partial charge in [-0.1, -0.05) is 0 Å². The van der Waals surface area contributed by atoms with E-state index in [2.05, 4.69) is 0 Å². The fourth-order valence-electron chi connectivity index (χ4n) is 1.79. The maximum atomic E-state index is 11.5. The molecule has 3 nitrogen and oxygen atoms in total. The summed E-state index contributed by atoms with van der Waals surface area (Å²) in [5.41, 5.74) is 7.40. The molecule has 0 unspecified atom stereocenters. The van der Waals surface area contributed by atoms with E-state index in [0.29, 0.717) is 17.7 Å². The van der Waals surface area contributed by atoms with Gasteiger partial charge >= 0.3 is 0 Å². The Bertz CT molecular complexity index is 377. The average Bonchev–Trinajstić information content (AvgIpc) is 2.12. The summed E-state index contributed by atoms with van der Waals surface area (Å²) in [5.74, 6) is 0.243. The van der Waals surface area contributed by atoms with E-state index in [1.54, 1.807) is 12.1 Å². The van der Waals surface area contributed by atoms with E-state index in [1.807, 2.05) is 0 Å². The second kappa shape index (κ2) is 3.88. The second-order valence-electron chi connectivity index (χ2n) is 3.30. The summed E-state index contributed by atoms with van der Waals surface area (Å²) in [6, 6.07) is 3.13. The monoisotopic (exact) mass is 213 g/mol. The number of aromatic hydroxyl groups is 1. The summed E-state index contributed by atoms with van der Waals surface area (Å²) in [7, 11) is 0. The van der Waals surface area contributed by atoms with Gasteiger partial charge in [0.25, 0.3) is 0 Å². The fourth-order valence-corrected chi connectivity index (χ4v) is 1.79. The molecule has 0 aliphatic heterocycles. The number of phenolic OH excluding ortho intramolecular Hbond substituents is 1. The average molecular weight is 214 g/mol. The van der Waals surface area contributed by atoms with Crippen LogP contribution in [0.3, 0.4) is 0 Å². The highest BCUT2D eigenvalue weighted by atomic mass is 35.5. The van der Waals surface area contributed by atoms with Crippen molar-refractivity contribution < 1.29 is 9.90 Å². The number of nitrogens with two attached hydrogens (primary N) is 1. The van der Waals surface area contributed by atoms with Gasteiger partial charge in [-0.2, -0.15) is 0 Å². The second-order valence-corrected chi connectivity index (χ2v) is 3.30. The topological polar surface area (TPSA) is 63.3 Å². The molecule has 14 heavy (non-hydrogen) atoms. The predicted molar refractivity (Wildman–Crippen MR) is 57.0 cm³/mol. The molecule has 0 heterocycles. The van der Waals surface area contributed by atoms with Crippen LogP contribution in [0.2, 0.25) is 0 Å². The number of nitrogen functional groups attached to an aromatic ring is 1. The molecule has 0 amide bonds. The standard InChI is InChI=1S/C10H11NO2.ClH/c11-7-4-5-8(12)6-2-1-3-9(13)10(6)7;/h4-5,12H,1-3,11H2;1H. The van der Waals surface area contributed by atoms with Gasteiger partial charge in [0.15, 0.2) is 5.78 Å². The lowest BCUT2D eigenvalue weighted by Gasteiger charge is -2.17. The van der Waals surface area contributed by atoms with Gasteiger partial charge in [0, 0.05) is 23.2 Å². The van der Waals surface area contributed by atoms with E-state index in [-0.39, 0.29) is 23.9 Å². The van der Waals surface area contributed by atoms with Crippen molar-refractivity contribution in [2.45, 2.75) is 19.3 Å². The Balaban J connectivity index is 0.000000980. The largest absolute Gasteiger partial charge is 0.508 e. The maximum Gasteiger partial charge on any atom is 0.165 e. The van der Waals surface area contributed by atoms with Crippen LogP contribution in [0.4, 0.5) is 5.69 Å². The molecule has 2 rings (SSSR count). The molecule has 3 N–H and O–H groups in total. The lowest BCUT2D eigenvalue weighted by molar-refractivity contribution is 0.0972. The Labute approximate surface area is 88.3 Å². The number of Topliss-reactive ketones (excluding diaryl/α,β-unsaturated/α-hetero) is 1. The number of anilines is 1. The smallest absolute Gasteiger partial charge is 0.165 e. The van der Waals surface area contributed by atoms with Crippen molar-refractivity contribution in [3.63, 3.8) is 0 Å². The van der Waals surface area contributed by atoms with Gasteiger partial charge in [-0.25, -0.2) is 0 Å². The molecule has 0 fully saturated rings. The van der Waals surface area contributed by atoms with Crippen LogP contribution >= 0.6 is 12.4 Å². The van der Waals surface area contributed by atoms with Gasteiger partial charge < -0.3 is 10.8 Å². The highest BCUT2D eigenvalue weighted by Gasteiger charge is 2.21. The van der Waals surface area contributed by atoms with Crippen LogP contribution in [0.25, 0.3) is 0 Å². The summed E-state index contributed by atoms with van der Waals surface area (Å²) < 4.78 is 0. The molecule has 0 bridgehead atoms. The third kappa shape index (κ3) is 1.55. The van der Waals surface area contributed by atoms with Crippen LogP contribution < -0.4 is 5.73 Å². The molecule has 1 aromatic carbocycles. The molecule has 1 aliphatic carbocycles. The molecule has 1 aliphatic rings. The Kier molecular flexibility index (Phi) is 3.01. The summed E-state index contributed by atoms with van der Waals surface area (Å²) >= 11 is 0. The van der Waals surface area contributed by atoms with Crippen molar-refractivity contribution in [1.82, 2.24) is 0 Å². The molecule has 0 spiro atoms. The van der Waals surface area contributed by atoms with Crippen LogP contribution in [0.15, 0.2) is 12.1 Å². The van der Waals surface area contributed by atoms with Gasteiger partial charge in [-0.15, -0.1) is 12.4 Å². The van der Waals surface area contributed by atoms with Crippen LogP contribution in [0, 0.1) is 0 Å². The molecular formula is C10H12ClNO2. The Hall–Kier alpha value is -1.22. The van der Waals surface area contributed by atoms with Crippen molar-refractivity contribution in [3.8, 4) is 5.75 Å². The zero-order valence-electron chi connectivity index (χ0n) is 7.62. The van der Waals surface area contributed by atoms with E-state index >= 15 is 0 Å². The molecule has 0 saturated heterocycles. The number of fused-ring (bicyclic) bond motifs is 1. The lowest BCUT2D eigenvalue weighted by atomic mass is 9.89. The molecule has 0 atom stereocenters. The van der Waals surface area contributed by atoms with Crippen LogP contribution in [0.5, 0.6) is 5.75 Å². The fraction of sp³-hybridized carbons (Fsp3) is 0.300. The molecule has 0 saturated carbocycles. The molecule has 1 aromatic rings. The van der Waals surface area contributed by atoms with Crippen molar-refractivity contribution in [3.05, 3.63) is 23.3 Å². The van der Waals surface area contributed by atoms with E-state index in [1.165, 1.54) is 0 Å². The number of rotatable bonds is 0. The Morgan fingerprint density at radius 1 is 1.29 bits per heavy atom. The van der Waals surface area contributed by atoms with Crippen molar-refractivity contribution in [1.29, 1.82) is 0 Å². The van der Waals surface area contributed by atoms with Gasteiger partial charge in [-0.3, -0.25) is 4.79 Å². The van der Waals surface area contributed by atoms with Crippen molar-refractivity contribution >= 4 is 23.9 Å². The number of benzene rings is 1. The Morgan fingerprint density at radius 2 is 2.00 bits per heavy atom. The van der Waals surface area contributed by atoms with Crippen LogP contribution in [-0.2, 0) is 6.42 Å². The van der Waals surface area contributed by atoms with Gasteiger partial charge in [0.2, 0.25) is 0 Å². The minimum Gasteiger partial charge on any atom is -0.508 e. The highest BCUT2D eigenvalue weighted by molar-refractivity contribution is 6.03. The summed E-state index contributed by atoms with van der Waals surface area (Å²) in [4.78, 5) is 11.5. The molecule has 4 heteroatoms. The first-order chi connectivity index (χ1) is 6.20. The molecule has 76 valence electrons. The summed E-state index contributed by atoms with van der Waals surface area (Å²) in [6.45, 7) is 0. The number of carbonyl (C=O) groups is 1. The predicted octanol–water partition coefficient (Wildman–Crippen LogP) is 1.92. The summed E-state index contributed by atoms with van der Waals surface area (Å²) in [6.07, 6.45) is 2.10. The van der Waals surface area contributed by atoms with E-state index < -0.39 is 0 Å². The van der Waals surface area contributed by atoms with Gasteiger partial charge in [0.1, 0.15) is 5.75 Å². The van der Waals surface area contributed by atoms with E-state index in [9.17, 15) is 9.90 Å². The van der Waals surface area contributed by atoms with Gasteiger partial charge in [-0.05, 0) is 25.0 Å². The molecular weight excluding hydrogens is 202 g/mol. The van der Waals surface area contributed by atoms with Crippen molar-refractivity contribution in [2.24, 2.45) is 0 Å². The number of hydrogen-bond acceptors (Lipinski definition) is 3. The summed E-state index contributed by atoms with van der Waals surface area (Å²) in [5, 5.41) is 9.49. The van der Waals surface area contributed by atoms with E-state index in [4.69, 9.17) is 5.73 Å². The highest BCUT2D eigenvalue weighted by Crippen LogP contribution is 2.32. The maximum absolute atomic E-state index is 11.5. The normalized spacial score (nSPS) is 14.4. The van der Waals surface area contributed by atoms with Crippen LogP contribution in [0.1, 0.15) is 28.8 Å². The minimum atomic E-state index is 0. The number of hydrogen-bond donors (Lipinski definition) is 2. The lowest BCUT2D eigenvalue weighted by Crippen LogP contribution is -2.13. The SMILES string of the molecule is Cl.Nc1ccc(O)c2c1C(=O)CCC2. The Morgan fingerprint density at radius 3 is 2.64 bits per heavy atom.